The summed E-state index contributed by atoms with van der Waals surface area (Å²) < 4.78 is 5.41. The number of esters is 1. The van der Waals surface area contributed by atoms with Gasteiger partial charge in [0.1, 0.15) is 0 Å². The van der Waals surface area contributed by atoms with Crippen LogP contribution in [0.3, 0.4) is 0 Å². The lowest BCUT2D eigenvalue weighted by molar-refractivity contribution is -0.140. The largest absolute Gasteiger partial charge is 0.449 e. The van der Waals surface area contributed by atoms with Crippen molar-refractivity contribution in [2.45, 2.75) is 26.0 Å². The van der Waals surface area contributed by atoms with Crippen LogP contribution in [0, 0.1) is 0 Å². The van der Waals surface area contributed by atoms with E-state index in [9.17, 15) is 14.4 Å². The van der Waals surface area contributed by atoms with Gasteiger partial charge >= 0.3 is 5.97 Å². The highest BCUT2D eigenvalue weighted by molar-refractivity contribution is 6.09. The maximum absolute atomic E-state index is 12.8. The van der Waals surface area contributed by atoms with E-state index in [1.165, 1.54) is 5.56 Å². The summed E-state index contributed by atoms with van der Waals surface area (Å²) in [5.41, 5.74) is 3.74. The van der Waals surface area contributed by atoms with Gasteiger partial charge < -0.3 is 9.64 Å². The Morgan fingerprint density at radius 3 is 2.06 bits per heavy atom. The average molecular weight is 413 g/mol. The molecule has 0 bridgehead atoms. The van der Waals surface area contributed by atoms with Gasteiger partial charge in [0.2, 0.25) is 0 Å². The van der Waals surface area contributed by atoms with Crippen molar-refractivity contribution in [3.05, 3.63) is 107 Å². The predicted molar refractivity (Wildman–Crippen MR) is 117 cm³/mol. The molecule has 0 unspecified atom stereocenters. The number of nitrogens with zero attached hydrogens (tertiary/aromatic N) is 1. The molecule has 5 heteroatoms. The third-order valence-corrected chi connectivity index (χ3v) is 5.49. The van der Waals surface area contributed by atoms with Crippen molar-refractivity contribution in [1.29, 1.82) is 0 Å². The molecule has 0 fully saturated rings. The van der Waals surface area contributed by atoms with Crippen LogP contribution in [-0.2, 0) is 22.5 Å². The van der Waals surface area contributed by atoms with Gasteiger partial charge in [0.05, 0.1) is 5.56 Å². The third-order valence-electron chi connectivity index (χ3n) is 5.49. The lowest BCUT2D eigenvalue weighted by Crippen LogP contribution is -2.42. The van der Waals surface area contributed by atoms with E-state index in [1.54, 1.807) is 60.4 Å². The molecule has 1 aliphatic heterocycles. The molecule has 31 heavy (non-hydrogen) atoms. The fraction of sp³-hybridized carbons (Fsp3) is 0.192. The number of ether oxygens (including phenoxy) is 1. The number of hydrogen-bond acceptors (Lipinski definition) is 4. The molecular formula is C26H23NO4. The second-order valence-electron chi connectivity index (χ2n) is 7.60. The molecule has 4 rings (SSSR count). The first-order valence-electron chi connectivity index (χ1n) is 10.3. The zero-order chi connectivity index (χ0) is 21.8. The van der Waals surface area contributed by atoms with Crippen LogP contribution in [0.15, 0.2) is 78.9 Å². The molecule has 156 valence electrons. The minimum Gasteiger partial charge on any atom is -0.449 e. The summed E-state index contributed by atoms with van der Waals surface area (Å²) in [4.78, 5) is 39.5. The third kappa shape index (κ3) is 4.56. The van der Waals surface area contributed by atoms with E-state index in [0.717, 1.165) is 12.0 Å². The Bertz CT molecular complexity index is 1110. The second kappa shape index (κ2) is 8.96. The van der Waals surface area contributed by atoms with Crippen LogP contribution in [0.5, 0.6) is 0 Å². The van der Waals surface area contributed by atoms with Crippen molar-refractivity contribution < 1.29 is 19.1 Å². The SMILES string of the molecule is C[C@@H](OC(=O)c1ccc(C(=O)c2ccccc2)cc1)C(=O)N1CCc2ccccc2C1. The summed E-state index contributed by atoms with van der Waals surface area (Å²) in [7, 11) is 0. The van der Waals surface area contributed by atoms with Crippen molar-refractivity contribution in [3.63, 3.8) is 0 Å². The maximum atomic E-state index is 12.8. The van der Waals surface area contributed by atoms with Crippen LogP contribution in [0.4, 0.5) is 0 Å². The van der Waals surface area contributed by atoms with Crippen molar-refractivity contribution in [2.75, 3.05) is 6.54 Å². The zero-order valence-electron chi connectivity index (χ0n) is 17.3. The molecule has 1 amide bonds. The van der Waals surface area contributed by atoms with Gasteiger partial charge in [0.25, 0.3) is 5.91 Å². The van der Waals surface area contributed by atoms with Crippen LogP contribution in [0.1, 0.15) is 44.3 Å². The molecular weight excluding hydrogens is 390 g/mol. The first-order valence-corrected chi connectivity index (χ1v) is 10.3. The molecule has 0 aliphatic carbocycles. The van der Waals surface area contributed by atoms with Gasteiger partial charge in [0, 0.05) is 24.2 Å². The summed E-state index contributed by atoms with van der Waals surface area (Å²) in [6.45, 7) is 2.72. The maximum Gasteiger partial charge on any atom is 0.338 e. The molecule has 5 nitrogen and oxygen atoms in total. The standard InChI is InChI=1S/C26H23NO4/c1-18(25(29)27-16-15-19-7-5-6-10-23(19)17-27)31-26(30)22-13-11-21(12-14-22)24(28)20-8-3-2-4-9-20/h2-14,18H,15-17H2,1H3/t18-/m1/s1. The van der Waals surface area contributed by atoms with E-state index in [2.05, 4.69) is 6.07 Å². The summed E-state index contributed by atoms with van der Waals surface area (Å²) >= 11 is 0. The lowest BCUT2D eigenvalue weighted by Gasteiger charge is -2.30. The average Bonchev–Trinajstić information content (AvgIpc) is 2.83. The van der Waals surface area contributed by atoms with Crippen LogP contribution in [-0.4, -0.2) is 35.2 Å². The van der Waals surface area contributed by atoms with Gasteiger partial charge in [-0.2, -0.15) is 0 Å². The molecule has 3 aromatic rings. The van der Waals surface area contributed by atoms with Gasteiger partial charge in [-0.25, -0.2) is 4.79 Å². The molecule has 0 saturated carbocycles. The number of hydrogen-bond donors (Lipinski definition) is 0. The summed E-state index contributed by atoms with van der Waals surface area (Å²) in [6.07, 6.45) is -0.0946. The normalized spacial score (nSPS) is 13.8. The summed E-state index contributed by atoms with van der Waals surface area (Å²) in [5, 5.41) is 0. The van der Waals surface area contributed by atoms with Gasteiger partial charge in [-0.3, -0.25) is 9.59 Å². The Kier molecular flexibility index (Phi) is 5.94. The van der Waals surface area contributed by atoms with Crippen LogP contribution in [0.25, 0.3) is 0 Å². The highest BCUT2D eigenvalue weighted by Crippen LogP contribution is 2.20. The molecule has 3 aromatic carbocycles. The minimum atomic E-state index is -0.886. The Morgan fingerprint density at radius 1 is 0.774 bits per heavy atom. The monoisotopic (exact) mass is 413 g/mol. The number of rotatable bonds is 5. The number of amides is 1. The smallest absolute Gasteiger partial charge is 0.338 e. The number of ketones is 1. The quantitative estimate of drug-likeness (QED) is 0.468. The highest BCUT2D eigenvalue weighted by atomic mass is 16.5. The Labute approximate surface area is 181 Å². The predicted octanol–water partition coefficient (Wildman–Crippen LogP) is 4.05. The highest BCUT2D eigenvalue weighted by Gasteiger charge is 2.27. The number of fused-ring (bicyclic) bond motifs is 1. The first-order chi connectivity index (χ1) is 15.0. The molecule has 1 atom stereocenters. The Hall–Kier alpha value is -3.73. The van der Waals surface area contributed by atoms with E-state index >= 15 is 0 Å². The topological polar surface area (TPSA) is 63.7 Å². The number of carbonyl (C=O) groups is 3. The van der Waals surface area contributed by atoms with Gasteiger partial charge in [-0.05, 0) is 36.6 Å². The van der Waals surface area contributed by atoms with Crippen molar-refractivity contribution >= 4 is 17.7 Å². The van der Waals surface area contributed by atoms with Gasteiger partial charge in [-0.15, -0.1) is 0 Å². The van der Waals surface area contributed by atoms with Gasteiger partial charge in [-0.1, -0.05) is 66.7 Å². The van der Waals surface area contributed by atoms with Crippen LogP contribution >= 0.6 is 0 Å². The van der Waals surface area contributed by atoms with Crippen LogP contribution in [0.2, 0.25) is 0 Å². The van der Waals surface area contributed by atoms with E-state index in [1.807, 2.05) is 24.3 Å². The number of benzene rings is 3. The van der Waals surface area contributed by atoms with Crippen molar-refractivity contribution in [3.8, 4) is 0 Å². The zero-order valence-corrected chi connectivity index (χ0v) is 17.3. The van der Waals surface area contributed by atoms with E-state index in [0.29, 0.717) is 29.8 Å². The van der Waals surface area contributed by atoms with Crippen molar-refractivity contribution in [2.24, 2.45) is 0 Å². The molecule has 1 heterocycles. The minimum absolute atomic E-state index is 0.116. The Morgan fingerprint density at radius 2 is 1.35 bits per heavy atom. The summed E-state index contributed by atoms with van der Waals surface area (Å²) in [5.74, 6) is -0.912. The first kappa shape index (κ1) is 20.5. The van der Waals surface area contributed by atoms with Gasteiger partial charge in [0.15, 0.2) is 11.9 Å². The molecule has 0 radical (unpaired) electrons. The van der Waals surface area contributed by atoms with Crippen molar-refractivity contribution in [1.82, 2.24) is 4.90 Å². The van der Waals surface area contributed by atoms with E-state index < -0.39 is 12.1 Å². The summed E-state index contributed by atoms with van der Waals surface area (Å²) in [6, 6.07) is 23.3. The van der Waals surface area contributed by atoms with Crippen LogP contribution < -0.4 is 0 Å². The van der Waals surface area contributed by atoms with E-state index in [4.69, 9.17) is 4.74 Å². The molecule has 0 saturated heterocycles. The molecule has 0 spiro atoms. The fourth-order valence-electron chi connectivity index (χ4n) is 3.73. The Balaban J connectivity index is 1.38. The molecule has 1 aliphatic rings. The number of carbonyl (C=O) groups excluding carboxylic acids is 3. The van der Waals surface area contributed by atoms with E-state index in [-0.39, 0.29) is 11.7 Å². The molecule has 0 N–H and O–H groups in total. The fourth-order valence-corrected chi connectivity index (χ4v) is 3.73. The second-order valence-corrected chi connectivity index (χ2v) is 7.60. The molecule has 0 aromatic heterocycles. The lowest BCUT2D eigenvalue weighted by atomic mass is 9.99.